The summed E-state index contributed by atoms with van der Waals surface area (Å²) < 4.78 is 0. The number of allylic oxidation sites excluding steroid dienone is 2. The molecular formula is C40H59NO8. The van der Waals surface area contributed by atoms with Crippen LogP contribution in [0.4, 0.5) is 0 Å². The average Bonchev–Trinajstić information content (AvgIpc) is 2.99. The molecule has 0 heterocycles. The van der Waals surface area contributed by atoms with Gasteiger partial charge in [0.1, 0.15) is 5.54 Å². The van der Waals surface area contributed by atoms with Crippen molar-refractivity contribution in [3.63, 3.8) is 0 Å². The largest absolute Gasteiger partial charge is 0.504 e. The molecule has 1 aromatic carbocycles. The van der Waals surface area contributed by atoms with Crippen molar-refractivity contribution in [3.05, 3.63) is 35.4 Å². The van der Waals surface area contributed by atoms with Crippen molar-refractivity contribution in [3.8, 4) is 11.5 Å². The lowest BCUT2D eigenvalue weighted by molar-refractivity contribution is -0.202. The molecule has 10 atom stereocenters. The van der Waals surface area contributed by atoms with Crippen LogP contribution in [0.25, 0.3) is 0 Å². The minimum atomic E-state index is -1.39. The number of benzene rings is 1. The summed E-state index contributed by atoms with van der Waals surface area (Å²) in [4.78, 5) is 37.2. The molecule has 272 valence electrons. The number of carboxylic acids is 2. The first kappa shape index (κ1) is 37.3. The Morgan fingerprint density at radius 3 is 2.12 bits per heavy atom. The van der Waals surface area contributed by atoms with Gasteiger partial charge in [0, 0.05) is 12.3 Å². The number of aliphatic carboxylic acids is 2. The number of hydrogen-bond acceptors (Lipinski definition) is 7. The Bertz CT molecular complexity index is 1560. The highest BCUT2D eigenvalue weighted by atomic mass is 16.4. The van der Waals surface area contributed by atoms with Crippen LogP contribution in [-0.2, 0) is 20.8 Å². The number of carbonyl (C=O) groups is 3. The highest BCUT2D eigenvalue weighted by Crippen LogP contribution is 2.75. The lowest BCUT2D eigenvalue weighted by Gasteiger charge is -2.70. The van der Waals surface area contributed by atoms with Gasteiger partial charge in [0.15, 0.2) is 17.3 Å². The highest BCUT2D eigenvalue weighted by Gasteiger charge is 2.70. The number of ketones is 1. The third kappa shape index (κ3) is 5.71. The second kappa shape index (κ2) is 11.8. The summed E-state index contributed by atoms with van der Waals surface area (Å²) in [6.45, 7) is 17.2. The molecule has 1 aromatic rings. The average molecular weight is 682 g/mol. The molecule has 5 aliphatic carbocycles. The van der Waals surface area contributed by atoms with Crippen molar-refractivity contribution in [2.24, 2.45) is 56.0 Å². The van der Waals surface area contributed by atoms with Gasteiger partial charge >= 0.3 is 11.9 Å². The van der Waals surface area contributed by atoms with E-state index in [1.165, 1.54) is 30.7 Å². The number of phenolic OH excluding ortho intramolecular Hbond substituents is 2. The minimum absolute atomic E-state index is 0.0296. The van der Waals surface area contributed by atoms with Crippen molar-refractivity contribution in [2.45, 2.75) is 131 Å². The maximum absolute atomic E-state index is 14.2. The van der Waals surface area contributed by atoms with Crippen LogP contribution in [0.3, 0.4) is 0 Å². The van der Waals surface area contributed by atoms with E-state index in [2.05, 4.69) is 41.5 Å². The van der Waals surface area contributed by atoms with Crippen LogP contribution in [0.2, 0.25) is 0 Å². The van der Waals surface area contributed by atoms with Gasteiger partial charge in [0.05, 0.1) is 11.5 Å². The topological polar surface area (TPSA) is 178 Å². The van der Waals surface area contributed by atoms with Crippen LogP contribution >= 0.6 is 0 Å². The molecule has 10 unspecified atom stereocenters. The van der Waals surface area contributed by atoms with Crippen molar-refractivity contribution >= 4 is 17.7 Å². The lowest BCUT2D eigenvalue weighted by Crippen LogP contribution is -2.66. The zero-order chi connectivity index (χ0) is 36.8. The quantitative estimate of drug-likeness (QED) is 0.185. The molecule has 0 radical (unpaired) electrons. The number of nitrogens with two attached hydrogens (primary N) is 1. The van der Waals surface area contributed by atoms with Crippen LogP contribution in [-0.4, -0.2) is 54.9 Å². The summed E-state index contributed by atoms with van der Waals surface area (Å²) in [5, 5.41) is 48.0. The summed E-state index contributed by atoms with van der Waals surface area (Å²) in [6, 6.07) is 4.11. The molecule has 4 saturated carbocycles. The van der Waals surface area contributed by atoms with Gasteiger partial charge in [-0.25, -0.2) is 0 Å². The van der Waals surface area contributed by atoms with Gasteiger partial charge in [-0.05, 0) is 134 Å². The van der Waals surface area contributed by atoms with Crippen LogP contribution in [0.5, 0.6) is 11.5 Å². The van der Waals surface area contributed by atoms with Crippen molar-refractivity contribution in [2.75, 3.05) is 0 Å². The van der Waals surface area contributed by atoms with E-state index >= 15 is 0 Å². The molecule has 0 saturated heterocycles. The zero-order valence-electron chi connectivity index (χ0n) is 30.7. The molecule has 9 heteroatoms. The molecular weight excluding hydrogens is 622 g/mol. The maximum Gasteiger partial charge on any atom is 0.323 e. The van der Waals surface area contributed by atoms with Gasteiger partial charge in [0.25, 0.3) is 0 Å². The molecule has 0 aliphatic heterocycles. The number of rotatable bonds is 4. The smallest absolute Gasteiger partial charge is 0.323 e. The fraction of sp³-hybridized carbons (Fsp3) is 0.725. The number of aliphatic hydroxyl groups excluding tert-OH is 1. The molecule has 9 nitrogen and oxygen atoms in total. The summed E-state index contributed by atoms with van der Waals surface area (Å²) in [5.74, 6) is -1.58. The Morgan fingerprint density at radius 2 is 1.53 bits per heavy atom. The maximum atomic E-state index is 14.2. The fourth-order valence-electron chi connectivity index (χ4n) is 11.5. The predicted molar refractivity (Wildman–Crippen MR) is 187 cm³/mol. The van der Waals surface area contributed by atoms with E-state index in [1.54, 1.807) is 0 Å². The molecule has 49 heavy (non-hydrogen) atoms. The second-order valence-corrected chi connectivity index (χ2v) is 18.7. The first-order valence-electron chi connectivity index (χ1n) is 18.1. The van der Waals surface area contributed by atoms with E-state index < -0.39 is 22.9 Å². The molecule has 0 spiro atoms. The first-order chi connectivity index (χ1) is 22.4. The number of hydrogen-bond donors (Lipinski definition) is 6. The van der Waals surface area contributed by atoms with E-state index in [0.717, 1.165) is 51.4 Å². The van der Waals surface area contributed by atoms with Gasteiger partial charge in [0.2, 0.25) is 0 Å². The SMILES string of the molecule is CC(N)(Cc1ccc(O)c(O)c1)C(=O)O.CC1(C(=O)O)CCC2(C)CCC3(C)C(=CC(=O)C4C5(C)CCC(O)C(C)(C)C5CCC43C)C2C1. The second-order valence-electron chi connectivity index (χ2n) is 18.7. The molecule has 7 N–H and O–H groups in total. The van der Waals surface area contributed by atoms with Gasteiger partial charge in [-0.15, -0.1) is 0 Å². The van der Waals surface area contributed by atoms with E-state index in [0.29, 0.717) is 17.9 Å². The van der Waals surface area contributed by atoms with Gasteiger partial charge < -0.3 is 31.3 Å². The number of carboxylic acid groups (broad SMARTS) is 2. The van der Waals surface area contributed by atoms with Gasteiger partial charge in [-0.3, -0.25) is 14.4 Å². The minimum Gasteiger partial charge on any atom is -0.504 e. The number of phenols is 2. The number of aliphatic hydroxyl groups is 1. The molecule has 4 fully saturated rings. The summed E-state index contributed by atoms with van der Waals surface area (Å²) >= 11 is 0. The Morgan fingerprint density at radius 1 is 0.898 bits per heavy atom. The predicted octanol–water partition coefficient (Wildman–Crippen LogP) is 6.85. The summed E-state index contributed by atoms with van der Waals surface area (Å²) in [6.07, 6.45) is 10.0. The normalized spacial score (nSPS) is 42.0. The molecule has 0 aromatic heterocycles. The van der Waals surface area contributed by atoms with Crippen molar-refractivity contribution in [1.82, 2.24) is 0 Å². The van der Waals surface area contributed by atoms with Crippen LogP contribution in [0, 0.1) is 50.2 Å². The number of aromatic hydroxyl groups is 2. The van der Waals surface area contributed by atoms with Crippen LogP contribution in [0.1, 0.15) is 119 Å². The van der Waals surface area contributed by atoms with Crippen LogP contribution in [0.15, 0.2) is 29.8 Å². The Hall–Kier alpha value is -2.91. The standard InChI is InChI=1S/C30H46O4.C10H13NO4/c1-25(2)21-8-11-30(7)23(28(21,5)10-9-22(25)32)20(31)16-18-19-17-27(4,24(33)34)13-12-26(19,3)14-15-29(18,30)6;1-10(11,9(14)15)5-6-2-3-7(12)8(13)4-6/h16,19,21-23,32H,8-15,17H2,1-7H3,(H,33,34);2-4,12-13H,5,11H2,1H3,(H,14,15). The van der Waals surface area contributed by atoms with Crippen LogP contribution < -0.4 is 5.73 Å². The third-order valence-electron chi connectivity index (χ3n) is 15.2. The fourth-order valence-corrected chi connectivity index (χ4v) is 11.5. The Labute approximate surface area is 291 Å². The van der Waals surface area contributed by atoms with Gasteiger partial charge in [-0.2, -0.15) is 0 Å². The van der Waals surface area contributed by atoms with E-state index in [4.69, 9.17) is 15.9 Å². The van der Waals surface area contributed by atoms with Crippen molar-refractivity contribution in [1.29, 1.82) is 0 Å². The van der Waals surface area contributed by atoms with E-state index in [1.807, 2.05) is 13.0 Å². The van der Waals surface area contributed by atoms with Gasteiger partial charge in [-0.1, -0.05) is 53.2 Å². The van der Waals surface area contributed by atoms with Crippen molar-refractivity contribution < 1.29 is 39.9 Å². The first-order valence-corrected chi connectivity index (χ1v) is 18.1. The monoisotopic (exact) mass is 681 g/mol. The summed E-state index contributed by atoms with van der Waals surface area (Å²) in [5.41, 5.74) is 4.85. The third-order valence-corrected chi connectivity index (χ3v) is 15.2. The zero-order valence-corrected chi connectivity index (χ0v) is 30.7. The Kier molecular flexibility index (Phi) is 9.01. The highest BCUT2D eigenvalue weighted by molar-refractivity contribution is 5.95. The lowest BCUT2D eigenvalue weighted by atomic mass is 9.33. The molecule has 5 aliphatic rings. The molecule has 0 amide bonds. The molecule has 0 bridgehead atoms. The van der Waals surface area contributed by atoms with E-state index in [9.17, 15) is 29.7 Å². The molecule has 6 rings (SSSR count). The van der Waals surface area contributed by atoms with E-state index in [-0.39, 0.29) is 68.7 Å². The number of carbonyl (C=O) groups excluding carboxylic acids is 1. The number of fused-ring (bicyclic) bond motifs is 7. The summed E-state index contributed by atoms with van der Waals surface area (Å²) in [7, 11) is 0. The Balaban J connectivity index is 0.000000263.